The number of phenols is 4. The molecule has 2 aromatic carbocycles. The van der Waals surface area contributed by atoms with Gasteiger partial charge < -0.3 is 20.4 Å². The first-order chi connectivity index (χ1) is 14.2. The maximum atomic E-state index is 12.4. The van der Waals surface area contributed by atoms with Crippen LogP contribution in [0.2, 0.25) is 0 Å². The second-order valence-corrected chi connectivity index (χ2v) is 7.82. The number of carbonyl (C=O) groups excluding carboxylic acids is 1. The molecule has 0 radical (unpaired) electrons. The molecular formula is C25H30O5. The molecule has 0 amide bonds. The fourth-order valence-corrected chi connectivity index (χ4v) is 3.20. The van der Waals surface area contributed by atoms with Gasteiger partial charge in [-0.25, -0.2) is 0 Å². The average molecular weight is 411 g/mol. The zero-order valence-electron chi connectivity index (χ0n) is 17.8. The summed E-state index contributed by atoms with van der Waals surface area (Å²) < 4.78 is 0. The van der Waals surface area contributed by atoms with Gasteiger partial charge >= 0.3 is 0 Å². The van der Waals surface area contributed by atoms with E-state index in [0.717, 1.165) is 36.1 Å². The van der Waals surface area contributed by atoms with Gasteiger partial charge in [-0.05, 0) is 63.6 Å². The molecule has 0 aromatic heterocycles. The number of Topliss-reactive ketones (excluding diaryl/α,β-unsaturated/α-hetero) is 1. The Morgan fingerprint density at radius 2 is 1.53 bits per heavy atom. The highest BCUT2D eigenvalue weighted by molar-refractivity contribution is 6.01. The largest absolute Gasteiger partial charge is 0.508 e. The van der Waals surface area contributed by atoms with Crippen LogP contribution in [-0.2, 0) is 12.8 Å². The van der Waals surface area contributed by atoms with Crippen molar-refractivity contribution >= 4 is 5.78 Å². The number of aromatic hydroxyl groups is 4. The summed E-state index contributed by atoms with van der Waals surface area (Å²) in [6, 6.07) is 7.31. The smallest absolute Gasteiger partial charge is 0.170 e. The third-order valence-electron chi connectivity index (χ3n) is 4.91. The highest BCUT2D eigenvalue weighted by atomic mass is 16.3. The van der Waals surface area contributed by atoms with E-state index in [2.05, 4.69) is 32.9 Å². The summed E-state index contributed by atoms with van der Waals surface area (Å²) in [5.41, 5.74) is 4.03. The van der Waals surface area contributed by atoms with E-state index in [1.54, 1.807) is 12.1 Å². The lowest BCUT2D eigenvalue weighted by Gasteiger charge is -2.09. The minimum atomic E-state index is -0.447. The first-order valence-corrected chi connectivity index (χ1v) is 10.0. The Labute approximate surface area is 177 Å². The van der Waals surface area contributed by atoms with Gasteiger partial charge in [0.25, 0.3) is 0 Å². The van der Waals surface area contributed by atoms with E-state index in [-0.39, 0.29) is 23.5 Å². The fourth-order valence-electron chi connectivity index (χ4n) is 3.20. The second-order valence-electron chi connectivity index (χ2n) is 7.82. The van der Waals surface area contributed by atoms with Gasteiger partial charge in [-0.3, -0.25) is 4.79 Å². The maximum absolute atomic E-state index is 12.4. The number of hydrogen-bond acceptors (Lipinski definition) is 5. The van der Waals surface area contributed by atoms with Crippen molar-refractivity contribution in [1.29, 1.82) is 0 Å². The summed E-state index contributed by atoms with van der Waals surface area (Å²) in [6.07, 6.45) is 7.36. The summed E-state index contributed by atoms with van der Waals surface area (Å²) in [7, 11) is 0. The molecule has 0 heterocycles. The summed E-state index contributed by atoms with van der Waals surface area (Å²) in [5, 5.41) is 39.2. The molecule has 2 rings (SSSR count). The van der Waals surface area contributed by atoms with Crippen molar-refractivity contribution < 1.29 is 25.2 Å². The lowest BCUT2D eigenvalue weighted by atomic mass is 9.98. The van der Waals surface area contributed by atoms with Crippen molar-refractivity contribution in [2.45, 2.75) is 52.9 Å². The number of allylic oxidation sites excluding steroid dienone is 4. The third-order valence-corrected chi connectivity index (χ3v) is 4.91. The molecule has 0 spiro atoms. The number of carbonyl (C=O) groups is 1. The predicted octanol–water partition coefficient (Wildman–Crippen LogP) is 5.56. The molecule has 0 aliphatic heterocycles. The van der Waals surface area contributed by atoms with Gasteiger partial charge in [-0.1, -0.05) is 35.4 Å². The van der Waals surface area contributed by atoms with Crippen LogP contribution in [0, 0.1) is 0 Å². The van der Waals surface area contributed by atoms with Crippen molar-refractivity contribution in [1.82, 2.24) is 0 Å². The van der Waals surface area contributed by atoms with E-state index in [1.165, 1.54) is 11.1 Å². The van der Waals surface area contributed by atoms with Crippen LogP contribution in [0.5, 0.6) is 23.0 Å². The molecule has 0 saturated carbocycles. The summed E-state index contributed by atoms with van der Waals surface area (Å²) in [6.45, 7) is 6.24. The maximum Gasteiger partial charge on any atom is 0.170 e. The molecule has 4 N–H and O–H groups in total. The Balaban J connectivity index is 2.03. The van der Waals surface area contributed by atoms with Gasteiger partial charge in [-0.15, -0.1) is 0 Å². The van der Waals surface area contributed by atoms with Gasteiger partial charge in [0.05, 0.1) is 0 Å². The minimum absolute atomic E-state index is 0.0771. The van der Waals surface area contributed by atoms with Crippen LogP contribution in [0.15, 0.2) is 53.6 Å². The standard InChI is InChI=1S/C25H30O5/c1-16(2)5-4-6-17(3)7-10-19-13-18(8-11-21(19)27)9-12-22(28)25-23(29)14-20(26)15-24(25)30/h5,7-8,11,13-15,26-27,29-30H,4,6,9-10,12H2,1-3H3. The van der Waals surface area contributed by atoms with E-state index < -0.39 is 17.3 Å². The molecule has 30 heavy (non-hydrogen) atoms. The molecule has 0 atom stereocenters. The van der Waals surface area contributed by atoms with Crippen LogP contribution in [0.25, 0.3) is 0 Å². The highest BCUT2D eigenvalue weighted by Crippen LogP contribution is 2.33. The molecule has 0 bridgehead atoms. The Kier molecular flexibility index (Phi) is 8.10. The topological polar surface area (TPSA) is 98.0 Å². The Hall–Kier alpha value is -3.21. The summed E-state index contributed by atoms with van der Waals surface area (Å²) in [5.74, 6) is -1.41. The lowest BCUT2D eigenvalue weighted by molar-refractivity contribution is 0.0977. The number of phenolic OH excluding ortho intramolecular Hbond substituents is 4. The molecule has 0 unspecified atom stereocenters. The Bertz CT molecular complexity index is 942. The van der Waals surface area contributed by atoms with Crippen LogP contribution < -0.4 is 0 Å². The first-order valence-electron chi connectivity index (χ1n) is 10.0. The molecule has 0 aliphatic carbocycles. The van der Waals surface area contributed by atoms with Crippen molar-refractivity contribution in [2.24, 2.45) is 0 Å². The Morgan fingerprint density at radius 1 is 0.867 bits per heavy atom. The van der Waals surface area contributed by atoms with Gasteiger partial charge in [-0.2, -0.15) is 0 Å². The van der Waals surface area contributed by atoms with Crippen LogP contribution in [0.4, 0.5) is 0 Å². The number of benzene rings is 2. The molecule has 2 aromatic rings. The summed E-state index contributed by atoms with van der Waals surface area (Å²) >= 11 is 0. The first kappa shape index (κ1) is 23.1. The molecular weight excluding hydrogens is 380 g/mol. The summed E-state index contributed by atoms with van der Waals surface area (Å²) in [4.78, 5) is 12.4. The number of hydrogen-bond donors (Lipinski definition) is 4. The van der Waals surface area contributed by atoms with Crippen molar-refractivity contribution in [3.8, 4) is 23.0 Å². The van der Waals surface area contributed by atoms with Gasteiger partial charge in [0.1, 0.15) is 28.6 Å². The minimum Gasteiger partial charge on any atom is -0.508 e. The quantitative estimate of drug-likeness (QED) is 0.320. The predicted molar refractivity (Wildman–Crippen MR) is 118 cm³/mol. The highest BCUT2D eigenvalue weighted by Gasteiger charge is 2.17. The molecule has 0 aliphatic rings. The average Bonchev–Trinajstić information content (AvgIpc) is 2.65. The molecule has 0 fully saturated rings. The normalized spacial score (nSPS) is 11.4. The third kappa shape index (κ3) is 6.69. The van der Waals surface area contributed by atoms with Gasteiger partial charge in [0.15, 0.2) is 5.78 Å². The molecule has 0 saturated heterocycles. The molecule has 5 heteroatoms. The van der Waals surface area contributed by atoms with Gasteiger partial charge in [0.2, 0.25) is 0 Å². The zero-order valence-corrected chi connectivity index (χ0v) is 17.8. The monoisotopic (exact) mass is 410 g/mol. The number of aryl methyl sites for hydroxylation is 1. The van der Waals surface area contributed by atoms with E-state index in [9.17, 15) is 25.2 Å². The lowest BCUT2D eigenvalue weighted by Crippen LogP contribution is -2.02. The van der Waals surface area contributed by atoms with Crippen LogP contribution in [-0.4, -0.2) is 26.2 Å². The van der Waals surface area contributed by atoms with E-state index >= 15 is 0 Å². The number of rotatable bonds is 9. The van der Waals surface area contributed by atoms with Gasteiger partial charge in [0, 0.05) is 18.6 Å². The SMILES string of the molecule is CC(C)=CCCC(C)=CCc1cc(CCC(=O)c2c(O)cc(O)cc2O)ccc1O. The van der Waals surface area contributed by atoms with Crippen LogP contribution in [0.1, 0.15) is 61.5 Å². The van der Waals surface area contributed by atoms with Crippen LogP contribution >= 0.6 is 0 Å². The molecule has 5 nitrogen and oxygen atoms in total. The zero-order chi connectivity index (χ0) is 22.3. The molecule has 160 valence electrons. The van der Waals surface area contributed by atoms with Crippen molar-refractivity contribution in [2.75, 3.05) is 0 Å². The van der Waals surface area contributed by atoms with Crippen LogP contribution in [0.3, 0.4) is 0 Å². The van der Waals surface area contributed by atoms with Crippen molar-refractivity contribution in [3.63, 3.8) is 0 Å². The van der Waals surface area contributed by atoms with E-state index in [4.69, 9.17) is 0 Å². The number of ketones is 1. The van der Waals surface area contributed by atoms with E-state index in [1.807, 2.05) is 6.07 Å². The fraction of sp³-hybridized carbons (Fsp3) is 0.320. The van der Waals surface area contributed by atoms with Crippen molar-refractivity contribution in [3.05, 3.63) is 70.3 Å². The second kappa shape index (κ2) is 10.5. The van der Waals surface area contributed by atoms with E-state index in [0.29, 0.717) is 12.8 Å². The Morgan fingerprint density at radius 3 is 2.17 bits per heavy atom.